The van der Waals surface area contributed by atoms with Crippen LogP contribution in [-0.2, 0) is 24.8 Å². The summed E-state index contributed by atoms with van der Waals surface area (Å²) in [6, 6.07) is -0.909. The van der Waals surface area contributed by atoms with Gasteiger partial charge in [0, 0.05) is 39.6 Å². The predicted octanol–water partition coefficient (Wildman–Crippen LogP) is -0.0741. The maximum atomic E-state index is 12.7. The van der Waals surface area contributed by atoms with Gasteiger partial charge in [0.05, 0.1) is 0 Å². The van der Waals surface area contributed by atoms with E-state index in [-0.39, 0.29) is 11.6 Å². The minimum atomic E-state index is -0.511. The summed E-state index contributed by atoms with van der Waals surface area (Å²) in [6.07, 6.45) is 4.03. The number of rotatable bonds is 4. The number of aryl methyl sites for hydroxylation is 1. The smallest absolute Gasteiger partial charge is 0.345 e. The Bertz CT molecular complexity index is 731. The van der Waals surface area contributed by atoms with Crippen molar-refractivity contribution < 1.29 is 9.59 Å². The van der Waals surface area contributed by atoms with Gasteiger partial charge in [-0.3, -0.25) is 9.36 Å². The number of carbonyl (C=O) groups excluding carboxylic acids is 2. The standard InChI is InChI=1S/C17H28N6O3/c1-3-22-14(19-20(2)17(22)26)11-12-6-9-21(10-7-12)15(24)13-5-4-8-23(13)16(18)25/h12-13H,3-11H2,1-2H3,(H2,18,25)/t13-/m1/s1. The van der Waals surface area contributed by atoms with Gasteiger partial charge in [0.1, 0.15) is 11.9 Å². The van der Waals surface area contributed by atoms with Crippen LogP contribution in [0.15, 0.2) is 4.79 Å². The van der Waals surface area contributed by atoms with Gasteiger partial charge in [-0.2, -0.15) is 5.10 Å². The molecule has 0 aromatic carbocycles. The van der Waals surface area contributed by atoms with E-state index in [0.717, 1.165) is 31.5 Å². The number of nitrogens with zero attached hydrogens (tertiary/aromatic N) is 5. The molecule has 0 bridgehead atoms. The van der Waals surface area contributed by atoms with Crippen LogP contribution in [0.2, 0.25) is 0 Å². The van der Waals surface area contributed by atoms with E-state index in [1.807, 2.05) is 11.8 Å². The van der Waals surface area contributed by atoms with Gasteiger partial charge in [-0.15, -0.1) is 0 Å². The minimum absolute atomic E-state index is 0.0167. The molecule has 1 atom stereocenters. The number of primary amides is 1. The van der Waals surface area contributed by atoms with E-state index in [1.54, 1.807) is 11.6 Å². The van der Waals surface area contributed by atoms with Crippen molar-refractivity contribution in [2.24, 2.45) is 18.7 Å². The van der Waals surface area contributed by atoms with E-state index in [2.05, 4.69) is 5.10 Å². The van der Waals surface area contributed by atoms with E-state index >= 15 is 0 Å². The number of carbonyl (C=O) groups is 2. The number of amides is 3. The van der Waals surface area contributed by atoms with Crippen LogP contribution in [0.5, 0.6) is 0 Å². The van der Waals surface area contributed by atoms with Crippen molar-refractivity contribution in [1.29, 1.82) is 0 Å². The fraction of sp³-hybridized carbons (Fsp3) is 0.765. The number of hydrogen-bond acceptors (Lipinski definition) is 4. The zero-order chi connectivity index (χ0) is 18.8. The van der Waals surface area contributed by atoms with Crippen molar-refractivity contribution >= 4 is 11.9 Å². The number of piperidine rings is 1. The molecule has 2 aliphatic rings. The third-order valence-corrected chi connectivity index (χ3v) is 5.62. The number of aromatic nitrogens is 3. The molecule has 1 aromatic heterocycles. The zero-order valence-electron chi connectivity index (χ0n) is 15.6. The molecule has 2 N–H and O–H groups in total. The summed E-state index contributed by atoms with van der Waals surface area (Å²) in [5, 5.41) is 4.35. The van der Waals surface area contributed by atoms with Crippen molar-refractivity contribution in [2.75, 3.05) is 19.6 Å². The van der Waals surface area contributed by atoms with Crippen molar-refractivity contribution in [3.63, 3.8) is 0 Å². The molecule has 144 valence electrons. The zero-order valence-corrected chi connectivity index (χ0v) is 15.6. The molecule has 0 unspecified atom stereocenters. The molecule has 3 heterocycles. The first kappa shape index (κ1) is 18.5. The summed E-state index contributed by atoms with van der Waals surface area (Å²) in [7, 11) is 1.67. The lowest BCUT2D eigenvalue weighted by atomic mass is 9.92. The molecular formula is C17H28N6O3. The van der Waals surface area contributed by atoms with Gasteiger partial charge in [-0.1, -0.05) is 0 Å². The van der Waals surface area contributed by atoms with E-state index < -0.39 is 12.1 Å². The Balaban J connectivity index is 1.58. The average Bonchev–Trinajstić information content (AvgIpc) is 3.21. The molecular weight excluding hydrogens is 336 g/mol. The van der Waals surface area contributed by atoms with Crippen LogP contribution in [-0.4, -0.2) is 61.8 Å². The van der Waals surface area contributed by atoms with Gasteiger partial charge in [-0.05, 0) is 38.5 Å². The molecule has 2 fully saturated rings. The molecule has 2 aliphatic heterocycles. The van der Waals surface area contributed by atoms with Crippen LogP contribution in [0.25, 0.3) is 0 Å². The Kier molecular flexibility index (Phi) is 5.33. The molecule has 9 heteroatoms. The van der Waals surface area contributed by atoms with Crippen LogP contribution in [0, 0.1) is 5.92 Å². The fourth-order valence-electron chi connectivity index (χ4n) is 4.14. The second-order valence-corrected chi connectivity index (χ2v) is 7.23. The fourth-order valence-corrected chi connectivity index (χ4v) is 4.14. The highest BCUT2D eigenvalue weighted by Gasteiger charge is 2.36. The summed E-state index contributed by atoms with van der Waals surface area (Å²) >= 11 is 0. The lowest BCUT2D eigenvalue weighted by molar-refractivity contribution is -0.136. The van der Waals surface area contributed by atoms with E-state index in [1.165, 1.54) is 9.58 Å². The SMILES string of the molecule is CCn1c(CC2CCN(C(=O)[C@H]3CCCN3C(N)=O)CC2)nn(C)c1=O. The summed E-state index contributed by atoms with van der Waals surface area (Å²) in [5.41, 5.74) is 5.30. The Morgan fingerprint density at radius 2 is 1.88 bits per heavy atom. The predicted molar refractivity (Wildman–Crippen MR) is 95.5 cm³/mol. The highest BCUT2D eigenvalue weighted by molar-refractivity contribution is 5.87. The summed E-state index contributed by atoms with van der Waals surface area (Å²) < 4.78 is 3.09. The lowest BCUT2D eigenvalue weighted by Gasteiger charge is -2.35. The monoisotopic (exact) mass is 364 g/mol. The van der Waals surface area contributed by atoms with Gasteiger partial charge >= 0.3 is 11.7 Å². The highest BCUT2D eigenvalue weighted by atomic mass is 16.2. The lowest BCUT2D eigenvalue weighted by Crippen LogP contribution is -2.51. The minimum Gasteiger partial charge on any atom is -0.351 e. The topological polar surface area (TPSA) is 106 Å². The molecule has 3 rings (SSSR count). The van der Waals surface area contributed by atoms with Crippen LogP contribution in [0.3, 0.4) is 0 Å². The van der Waals surface area contributed by atoms with Crippen LogP contribution >= 0.6 is 0 Å². The Labute approximate surface area is 152 Å². The largest absolute Gasteiger partial charge is 0.351 e. The molecule has 0 aliphatic carbocycles. The molecule has 2 saturated heterocycles. The molecule has 0 radical (unpaired) electrons. The molecule has 0 spiro atoms. The highest BCUT2D eigenvalue weighted by Crippen LogP contribution is 2.24. The second-order valence-electron chi connectivity index (χ2n) is 7.23. The van der Waals surface area contributed by atoms with E-state index in [9.17, 15) is 14.4 Å². The van der Waals surface area contributed by atoms with Gasteiger partial charge in [-0.25, -0.2) is 14.3 Å². The van der Waals surface area contributed by atoms with Gasteiger partial charge in [0.25, 0.3) is 0 Å². The van der Waals surface area contributed by atoms with Crippen molar-refractivity contribution in [1.82, 2.24) is 24.1 Å². The van der Waals surface area contributed by atoms with Gasteiger partial charge in [0.15, 0.2) is 0 Å². The summed E-state index contributed by atoms with van der Waals surface area (Å²) in [5.74, 6) is 1.24. The number of likely N-dealkylation sites (tertiary alicyclic amines) is 2. The first-order chi connectivity index (χ1) is 12.4. The van der Waals surface area contributed by atoms with Crippen LogP contribution in [0.1, 0.15) is 38.4 Å². The maximum absolute atomic E-state index is 12.7. The maximum Gasteiger partial charge on any atom is 0.345 e. The second kappa shape index (κ2) is 7.51. The van der Waals surface area contributed by atoms with Gasteiger partial charge < -0.3 is 15.5 Å². The Morgan fingerprint density at radius 3 is 2.50 bits per heavy atom. The third-order valence-electron chi connectivity index (χ3n) is 5.62. The van der Waals surface area contributed by atoms with Gasteiger partial charge in [0.2, 0.25) is 5.91 Å². The van der Waals surface area contributed by atoms with Crippen molar-refractivity contribution in [2.45, 2.75) is 51.6 Å². The third kappa shape index (κ3) is 3.47. The molecule has 3 amide bonds. The first-order valence-corrected chi connectivity index (χ1v) is 9.40. The normalized spacial score (nSPS) is 21.4. The Morgan fingerprint density at radius 1 is 1.19 bits per heavy atom. The van der Waals surface area contributed by atoms with Crippen molar-refractivity contribution in [3.8, 4) is 0 Å². The van der Waals surface area contributed by atoms with Crippen molar-refractivity contribution in [3.05, 3.63) is 16.3 Å². The van der Waals surface area contributed by atoms with E-state index in [0.29, 0.717) is 38.5 Å². The summed E-state index contributed by atoms with van der Waals surface area (Å²) in [6.45, 7) is 4.48. The van der Waals surface area contributed by atoms with Crippen LogP contribution in [0.4, 0.5) is 4.79 Å². The molecule has 26 heavy (non-hydrogen) atoms. The quantitative estimate of drug-likeness (QED) is 0.807. The molecule has 0 saturated carbocycles. The summed E-state index contributed by atoms with van der Waals surface area (Å²) in [4.78, 5) is 39.6. The van der Waals surface area contributed by atoms with E-state index in [4.69, 9.17) is 5.73 Å². The number of hydrogen-bond donors (Lipinski definition) is 1. The Hall–Kier alpha value is -2.32. The molecule has 9 nitrogen and oxygen atoms in total. The molecule has 1 aromatic rings. The first-order valence-electron chi connectivity index (χ1n) is 9.40. The van der Waals surface area contributed by atoms with Crippen LogP contribution < -0.4 is 11.4 Å². The average molecular weight is 364 g/mol. The number of urea groups is 1. The number of nitrogens with two attached hydrogens (primary N) is 1.